The fourth-order valence-corrected chi connectivity index (χ4v) is 1.93. The molecule has 0 unspecified atom stereocenters. The van der Waals surface area contributed by atoms with E-state index in [0.29, 0.717) is 6.54 Å². The van der Waals surface area contributed by atoms with Crippen molar-refractivity contribution in [3.63, 3.8) is 0 Å². The maximum atomic E-state index is 5.15. The molecule has 0 saturated carbocycles. The van der Waals surface area contributed by atoms with Gasteiger partial charge in [-0.2, -0.15) is 0 Å². The van der Waals surface area contributed by atoms with E-state index in [1.807, 2.05) is 44.2 Å². The molecule has 96 valence electrons. The van der Waals surface area contributed by atoms with E-state index in [4.69, 9.17) is 4.52 Å². The number of aromatic nitrogens is 3. The molecule has 19 heavy (non-hydrogen) atoms. The van der Waals surface area contributed by atoms with Gasteiger partial charge in [0.1, 0.15) is 5.82 Å². The van der Waals surface area contributed by atoms with Crippen molar-refractivity contribution in [2.75, 3.05) is 5.32 Å². The van der Waals surface area contributed by atoms with Crippen molar-refractivity contribution in [3.8, 4) is 0 Å². The summed E-state index contributed by atoms with van der Waals surface area (Å²) in [7, 11) is 0. The molecule has 3 rings (SSSR count). The Morgan fingerprint density at radius 2 is 1.84 bits per heavy atom. The van der Waals surface area contributed by atoms with Gasteiger partial charge in [-0.1, -0.05) is 17.3 Å². The summed E-state index contributed by atoms with van der Waals surface area (Å²) in [6.45, 7) is 4.39. The van der Waals surface area contributed by atoms with Crippen LogP contribution in [0.2, 0.25) is 0 Å². The largest absolute Gasteiger partial charge is 0.361 e. The van der Waals surface area contributed by atoms with Crippen LogP contribution in [-0.2, 0) is 6.54 Å². The highest BCUT2D eigenvalue weighted by Gasteiger charge is 2.06. The van der Waals surface area contributed by atoms with Crippen molar-refractivity contribution in [2.24, 2.45) is 0 Å². The van der Waals surface area contributed by atoms with Crippen molar-refractivity contribution in [3.05, 3.63) is 47.5 Å². The molecule has 0 aliphatic carbocycles. The number of rotatable bonds is 3. The summed E-state index contributed by atoms with van der Waals surface area (Å²) in [6, 6.07) is 9.72. The maximum Gasteiger partial charge on any atom is 0.156 e. The van der Waals surface area contributed by atoms with Crippen LogP contribution in [0.25, 0.3) is 11.0 Å². The topological polar surface area (TPSA) is 63.8 Å². The average molecular weight is 254 g/mol. The highest BCUT2D eigenvalue weighted by Crippen LogP contribution is 2.16. The Morgan fingerprint density at radius 3 is 2.53 bits per heavy atom. The van der Waals surface area contributed by atoms with Gasteiger partial charge in [0, 0.05) is 6.07 Å². The third-order valence-corrected chi connectivity index (χ3v) is 2.85. The Bertz CT molecular complexity index is 720. The molecule has 0 aliphatic heterocycles. The third-order valence-electron chi connectivity index (χ3n) is 2.85. The van der Waals surface area contributed by atoms with Gasteiger partial charge in [-0.05, 0) is 26.0 Å². The smallest absolute Gasteiger partial charge is 0.156 e. The summed E-state index contributed by atoms with van der Waals surface area (Å²) in [5.41, 5.74) is 3.53. The normalized spacial score (nSPS) is 10.8. The molecule has 0 radical (unpaired) electrons. The minimum absolute atomic E-state index is 0.550. The van der Waals surface area contributed by atoms with Crippen LogP contribution in [0.15, 0.2) is 34.9 Å². The van der Waals surface area contributed by atoms with Crippen molar-refractivity contribution in [2.45, 2.75) is 20.4 Å². The number of anilines is 1. The summed E-state index contributed by atoms with van der Waals surface area (Å²) < 4.78 is 5.15. The Balaban J connectivity index is 1.86. The summed E-state index contributed by atoms with van der Waals surface area (Å²) in [5.74, 6) is 1.56. The van der Waals surface area contributed by atoms with Gasteiger partial charge in [0.2, 0.25) is 0 Å². The van der Waals surface area contributed by atoms with Gasteiger partial charge in [-0.3, -0.25) is 0 Å². The summed E-state index contributed by atoms with van der Waals surface area (Å²) in [5, 5.41) is 7.08. The molecule has 0 amide bonds. The molecule has 1 aromatic carbocycles. The molecule has 2 aromatic heterocycles. The zero-order valence-corrected chi connectivity index (χ0v) is 10.8. The zero-order chi connectivity index (χ0) is 13.2. The van der Waals surface area contributed by atoms with Crippen molar-refractivity contribution >= 4 is 16.9 Å². The monoisotopic (exact) mass is 254 g/mol. The third kappa shape index (κ3) is 2.40. The molecule has 3 aromatic rings. The quantitative estimate of drug-likeness (QED) is 0.778. The lowest BCUT2D eigenvalue weighted by Gasteiger charge is -2.07. The minimum atomic E-state index is 0.550. The standard InChI is InChI=1S/C14H14N4O/c1-9-7-11(19-18-9)8-15-14-10(2)16-12-5-3-4-6-13(12)17-14/h3-7H,8H2,1-2H3,(H,15,17). The number of benzene rings is 1. The van der Waals surface area contributed by atoms with E-state index >= 15 is 0 Å². The molecule has 1 N–H and O–H groups in total. The van der Waals surface area contributed by atoms with Crippen molar-refractivity contribution < 1.29 is 4.52 Å². The van der Waals surface area contributed by atoms with E-state index in [1.54, 1.807) is 0 Å². The Hall–Kier alpha value is -2.43. The zero-order valence-electron chi connectivity index (χ0n) is 10.8. The highest BCUT2D eigenvalue weighted by molar-refractivity contribution is 5.76. The summed E-state index contributed by atoms with van der Waals surface area (Å²) in [6.07, 6.45) is 0. The van der Waals surface area contributed by atoms with Crippen molar-refractivity contribution in [1.82, 2.24) is 15.1 Å². The number of nitrogens with one attached hydrogen (secondary N) is 1. The number of nitrogens with zero attached hydrogens (tertiary/aromatic N) is 3. The SMILES string of the molecule is Cc1cc(CNc2nc3ccccc3nc2C)on1. The number of hydrogen-bond acceptors (Lipinski definition) is 5. The Morgan fingerprint density at radius 1 is 1.11 bits per heavy atom. The number of para-hydroxylation sites is 2. The second kappa shape index (κ2) is 4.68. The molecule has 0 spiro atoms. The lowest BCUT2D eigenvalue weighted by atomic mass is 10.3. The van der Waals surface area contributed by atoms with E-state index in [-0.39, 0.29) is 0 Å². The molecule has 5 nitrogen and oxygen atoms in total. The van der Waals surface area contributed by atoms with Gasteiger partial charge >= 0.3 is 0 Å². The van der Waals surface area contributed by atoms with Crippen LogP contribution >= 0.6 is 0 Å². The molecule has 0 aliphatic rings. The molecule has 2 heterocycles. The first-order chi connectivity index (χ1) is 9.22. The number of aryl methyl sites for hydroxylation is 2. The number of fused-ring (bicyclic) bond motifs is 1. The highest BCUT2D eigenvalue weighted by atomic mass is 16.5. The first-order valence-electron chi connectivity index (χ1n) is 6.12. The first-order valence-corrected chi connectivity index (χ1v) is 6.12. The lowest BCUT2D eigenvalue weighted by Crippen LogP contribution is -2.04. The van der Waals surface area contributed by atoms with Crippen LogP contribution in [0.3, 0.4) is 0 Å². The van der Waals surface area contributed by atoms with Crippen LogP contribution < -0.4 is 5.32 Å². The van der Waals surface area contributed by atoms with Crippen molar-refractivity contribution in [1.29, 1.82) is 0 Å². The van der Waals surface area contributed by atoms with Crippen LogP contribution in [0.4, 0.5) is 5.82 Å². The van der Waals surface area contributed by atoms with Crippen LogP contribution in [-0.4, -0.2) is 15.1 Å². The van der Waals surface area contributed by atoms with E-state index in [2.05, 4.69) is 20.4 Å². The lowest BCUT2D eigenvalue weighted by molar-refractivity contribution is 0.384. The minimum Gasteiger partial charge on any atom is -0.361 e. The summed E-state index contributed by atoms with van der Waals surface area (Å²) >= 11 is 0. The van der Waals surface area contributed by atoms with E-state index in [9.17, 15) is 0 Å². The predicted molar refractivity (Wildman–Crippen MR) is 72.8 cm³/mol. The van der Waals surface area contributed by atoms with E-state index < -0.39 is 0 Å². The fraction of sp³-hybridized carbons (Fsp3) is 0.214. The van der Waals surface area contributed by atoms with Gasteiger partial charge in [-0.15, -0.1) is 0 Å². The van der Waals surface area contributed by atoms with Gasteiger partial charge in [0.15, 0.2) is 5.76 Å². The molecular weight excluding hydrogens is 240 g/mol. The van der Waals surface area contributed by atoms with E-state index in [0.717, 1.165) is 34.0 Å². The van der Waals surface area contributed by atoms with Crippen LogP contribution in [0.5, 0.6) is 0 Å². The Kier molecular flexibility index (Phi) is 2.87. The molecule has 0 saturated heterocycles. The second-order valence-electron chi connectivity index (χ2n) is 4.43. The predicted octanol–water partition coefficient (Wildman–Crippen LogP) is 2.85. The van der Waals surface area contributed by atoms with E-state index in [1.165, 1.54) is 0 Å². The summed E-state index contributed by atoms with van der Waals surface area (Å²) in [4.78, 5) is 9.08. The van der Waals surface area contributed by atoms with Crippen LogP contribution in [0.1, 0.15) is 17.1 Å². The maximum absolute atomic E-state index is 5.15. The van der Waals surface area contributed by atoms with Gasteiger partial charge in [-0.25, -0.2) is 9.97 Å². The van der Waals surface area contributed by atoms with Gasteiger partial charge in [0.25, 0.3) is 0 Å². The average Bonchev–Trinajstić information content (AvgIpc) is 2.82. The Labute approximate surface area is 110 Å². The second-order valence-corrected chi connectivity index (χ2v) is 4.43. The van der Waals surface area contributed by atoms with Gasteiger partial charge < -0.3 is 9.84 Å². The number of hydrogen-bond donors (Lipinski definition) is 1. The molecule has 0 atom stereocenters. The molecule has 0 fully saturated rings. The molecular formula is C14H14N4O. The molecule has 5 heteroatoms. The first kappa shape index (κ1) is 11.6. The fourth-order valence-electron chi connectivity index (χ4n) is 1.93. The van der Waals surface area contributed by atoms with Crippen LogP contribution in [0, 0.1) is 13.8 Å². The molecule has 0 bridgehead atoms. The van der Waals surface area contributed by atoms with Gasteiger partial charge in [0.05, 0.1) is 29.0 Å².